The van der Waals surface area contributed by atoms with Crippen LogP contribution in [-0.2, 0) is 4.79 Å². The maximum atomic E-state index is 11.6. The Morgan fingerprint density at radius 2 is 2.16 bits per heavy atom. The van der Waals surface area contributed by atoms with Crippen molar-refractivity contribution < 1.29 is 9.53 Å². The molecule has 1 aromatic carbocycles. The second-order valence-corrected chi connectivity index (χ2v) is 4.60. The first-order valence-corrected chi connectivity index (χ1v) is 6.81. The summed E-state index contributed by atoms with van der Waals surface area (Å²) >= 11 is 5.09. The van der Waals surface area contributed by atoms with E-state index in [9.17, 15) is 4.79 Å². The zero-order valence-electron chi connectivity index (χ0n) is 11.4. The van der Waals surface area contributed by atoms with E-state index >= 15 is 0 Å². The van der Waals surface area contributed by atoms with Gasteiger partial charge in [-0.2, -0.15) is 0 Å². The van der Waals surface area contributed by atoms with Gasteiger partial charge in [-0.3, -0.25) is 4.79 Å². The zero-order chi connectivity index (χ0) is 14.1. The van der Waals surface area contributed by atoms with E-state index in [4.69, 9.17) is 17.0 Å². The summed E-state index contributed by atoms with van der Waals surface area (Å²) in [6, 6.07) is 7.37. The molecule has 0 saturated carbocycles. The van der Waals surface area contributed by atoms with Crippen molar-refractivity contribution in [1.29, 1.82) is 0 Å². The molecule has 1 rings (SSSR count). The Labute approximate surface area is 119 Å². The van der Waals surface area contributed by atoms with E-state index in [0.717, 1.165) is 30.7 Å². The fraction of sp³-hybridized carbons (Fsp3) is 0.429. The van der Waals surface area contributed by atoms with Crippen LogP contribution in [0.4, 0.5) is 5.69 Å². The molecule has 0 aliphatic heterocycles. The molecule has 4 nitrogen and oxygen atoms in total. The normalized spacial score (nSPS) is 9.79. The molecule has 0 aliphatic rings. The minimum absolute atomic E-state index is 0.0474. The highest BCUT2D eigenvalue weighted by Crippen LogP contribution is 2.16. The number of carbonyl (C=O) groups is 1. The van der Waals surface area contributed by atoms with Crippen LogP contribution in [0.1, 0.15) is 32.6 Å². The Balaban J connectivity index is 2.39. The molecule has 0 saturated heterocycles. The second kappa shape index (κ2) is 8.48. The summed E-state index contributed by atoms with van der Waals surface area (Å²) in [6.07, 6.45) is 3.56. The van der Waals surface area contributed by atoms with Gasteiger partial charge in [-0.1, -0.05) is 25.8 Å². The fourth-order valence-electron chi connectivity index (χ4n) is 1.59. The lowest BCUT2D eigenvalue weighted by Gasteiger charge is -2.10. The van der Waals surface area contributed by atoms with Gasteiger partial charge in [-0.25, -0.2) is 0 Å². The number of unbranched alkanes of at least 4 members (excludes halogenated alkanes) is 2. The molecular weight excluding hydrogens is 260 g/mol. The topological polar surface area (TPSA) is 50.4 Å². The quantitative estimate of drug-likeness (QED) is 0.621. The third kappa shape index (κ3) is 6.20. The first-order chi connectivity index (χ1) is 9.15. The monoisotopic (exact) mass is 280 g/mol. The van der Waals surface area contributed by atoms with Gasteiger partial charge in [0.25, 0.3) is 0 Å². The standard InChI is InChI=1S/C14H20N2O2S/c1-3-4-5-9-13(17)16-14(19)15-11-7-6-8-12(10-11)18-2/h6-8,10H,3-5,9H2,1-2H3,(H2,15,16,17,19). The predicted molar refractivity (Wildman–Crippen MR) is 81.5 cm³/mol. The van der Waals surface area contributed by atoms with Crippen LogP contribution in [0.3, 0.4) is 0 Å². The number of anilines is 1. The fourth-order valence-corrected chi connectivity index (χ4v) is 1.82. The maximum Gasteiger partial charge on any atom is 0.226 e. The molecule has 0 bridgehead atoms. The molecular formula is C14H20N2O2S. The largest absolute Gasteiger partial charge is 0.497 e. The lowest BCUT2D eigenvalue weighted by atomic mass is 10.2. The molecule has 1 amide bonds. The van der Waals surface area contributed by atoms with Gasteiger partial charge >= 0.3 is 0 Å². The molecule has 0 fully saturated rings. The lowest BCUT2D eigenvalue weighted by molar-refractivity contribution is -0.119. The highest BCUT2D eigenvalue weighted by molar-refractivity contribution is 7.80. The van der Waals surface area contributed by atoms with Crippen molar-refractivity contribution in [3.8, 4) is 5.75 Å². The van der Waals surface area contributed by atoms with Crippen molar-refractivity contribution >= 4 is 28.9 Å². The van der Waals surface area contributed by atoms with E-state index in [1.54, 1.807) is 7.11 Å². The molecule has 0 radical (unpaired) electrons. The summed E-state index contributed by atoms with van der Waals surface area (Å²) in [5.41, 5.74) is 0.790. The minimum Gasteiger partial charge on any atom is -0.497 e. The van der Waals surface area contributed by atoms with Gasteiger partial charge in [0.15, 0.2) is 5.11 Å². The van der Waals surface area contributed by atoms with Crippen molar-refractivity contribution in [2.45, 2.75) is 32.6 Å². The first-order valence-electron chi connectivity index (χ1n) is 6.40. The smallest absolute Gasteiger partial charge is 0.226 e. The molecule has 5 heteroatoms. The number of carbonyl (C=O) groups excluding carboxylic acids is 1. The average Bonchev–Trinajstić information content (AvgIpc) is 2.39. The third-order valence-electron chi connectivity index (χ3n) is 2.59. The summed E-state index contributed by atoms with van der Waals surface area (Å²) in [5.74, 6) is 0.691. The maximum absolute atomic E-state index is 11.6. The molecule has 104 valence electrons. The van der Waals surface area contributed by atoms with Crippen LogP contribution in [-0.4, -0.2) is 18.1 Å². The van der Waals surface area contributed by atoms with Crippen molar-refractivity contribution in [3.05, 3.63) is 24.3 Å². The van der Waals surface area contributed by atoms with E-state index in [2.05, 4.69) is 17.6 Å². The van der Waals surface area contributed by atoms with E-state index in [1.807, 2.05) is 24.3 Å². The Morgan fingerprint density at radius 3 is 2.84 bits per heavy atom. The highest BCUT2D eigenvalue weighted by atomic mass is 32.1. The molecule has 1 aromatic rings. The van der Waals surface area contributed by atoms with E-state index in [0.29, 0.717) is 11.5 Å². The number of ether oxygens (including phenoxy) is 1. The van der Waals surface area contributed by atoms with Gasteiger partial charge < -0.3 is 15.4 Å². The zero-order valence-corrected chi connectivity index (χ0v) is 12.2. The van der Waals surface area contributed by atoms with Gasteiger partial charge in [-0.05, 0) is 30.8 Å². The summed E-state index contributed by atoms with van der Waals surface area (Å²) in [4.78, 5) is 11.6. The predicted octanol–water partition coefficient (Wildman–Crippen LogP) is 3.09. The summed E-state index contributed by atoms with van der Waals surface area (Å²) in [5, 5.41) is 5.94. The van der Waals surface area contributed by atoms with Gasteiger partial charge in [0.1, 0.15) is 5.75 Å². The Hall–Kier alpha value is -1.62. The summed E-state index contributed by atoms with van der Waals surface area (Å²) < 4.78 is 5.11. The SMILES string of the molecule is CCCCCC(=O)NC(=S)Nc1cccc(OC)c1. The van der Waals surface area contributed by atoms with Crippen LogP contribution in [0.5, 0.6) is 5.75 Å². The van der Waals surface area contributed by atoms with E-state index in [1.165, 1.54) is 0 Å². The number of nitrogens with one attached hydrogen (secondary N) is 2. The number of methoxy groups -OCH3 is 1. The number of rotatable bonds is 6. The minimum atomic E-state index is -0.0474. The second-order valence-electron chi connectivity index (χ2n) is 4.19. The van der Waals surface area contributed by atoms with Crippen LogP contribution in [0.15, 0.2) is 24.3 Å². The number of thiocarbonyl (C=S) groups is 1. The molecule has 0 atom stereocenters. The van der Waals surface area contributed by atoms with Crippen LogP contribution in [0.2, 0.25) is 0 Å². The van der Waals surface area contributed by atoms with Gasteiger partial charge in [0, 0.05) is 18.2 Å². The van der Waals surface area contributed by atoms with Crippen LogP contribution >= 0.6 is 12.2 Å². The first kappa shape index (κ1) is 15.4. The number of benzene rings is 1. The van der Waals surface area contributed by atoms with E-state index < -0.39 is 0 Å². The van der Waals surface area contributed by atoms with Crippen molar-refractivity contribution in [2.75, 3.05) is 12.4 Å². The van der Waals surface area contributed by atoms with Gasteiger partial charge in [0.2, 0.25) is 5.91 Å². The molecule has 19 heavy (non-hydrogen) atoms. The third-order valence-corrected chi connectivity index (χ3v) is 2.79. The van der Waals surface area contributed by atoms with Crippen molar-refractivity contribution in [2.24, 2.45) is 0 Å². The lowest BCUT2D eigenvalue weighted by Crippen LogP contribution is -2.33. The molecule has 0 unspecified atom stereocenters. The number of amides is 1. The Kier molecular flexibility index (Phi) is 6.89. The molecule has 0 aliphatic carbocycles. The summed E-state index contributed by atoms with van der Waals surface area (Å²) in [6.45, 7) is 2.10. The summed E-state index contributed by atoms with van der Waals surface area (Å²) in [7, 11) is 1.60. The average molecular weight is 280 g/mol. The molecule has 0 spiro atoms. The highest BCUT2D eigenvalue weighted by Gasteiger charge is 2.04. The van der Waals surface area contributed by atoms with Crippen LogP contribution in [0, 0.1) is 0 Å². The van der Waals surface area contributed by atoms with Crippen molar-refractivity contribution in [3.63, 3.8) is 0 Å². The Morgan fingerprint density at radius 1 is 1.37 bits per heavy atom. The Bertz CT molecular complexity index is 435. The van der Waals surface area contributed by atoms with Gasteiger partial charge in [0.05, 0.1) is 7.11 Å². The molecule has 0 aromatic heterocycles. The van der Waals surface area contributed by atoms with E-state index in [-0.39, 0.29) is 5.91 Å². The molecule has 2 N–H and O–H groups in total. The van der Waals surface area contributed by atoms with Gasteiger partial charge in [-0.15, -0.1) is 0 Å². The van der Waals surface area contributed by atoms with Crippen LogP contribution in [0.25, 0.3) is 0 Å². The molecule has 0 heterocycles. The van der Waals surface area contributed by atoms with Crippen molar-refractivity contribution in [1.82, 2.24) is 5.32 Å². The van der Waals surface area contributed by atoms with Crippen LogP contribution < -0.4 is 15.4 Å². The number of hydrogen-bond donors (Lipinski definition) is 2. The number of hydrogen-bond acceptors (Lipinski definition) is 3.